The van der Waals surface area contributed by atoms with Gasteiger partial charge in [-0.05, 0) is 0 Å². The van der Waals surface area contributed by atoms with Crippen LogP contribution >= 0.6 is 15.6 Å². The second kappa shape index (κ2) is 15.1. The first kappa shape index (κ1) is 36.0. The van der Waals surface area contributed by atoms with Crippen LogP contribution in [0.1, 0.15) is 0 Å². The number of hydrogen-bond acceptors (Lipinski definition) is 4. The molecule has 0 heterocycles. The van der Waals surface area contributed by atoms with Crippen molar-refractivity contribution in [2.45, 2.75) is 0 Å². The predicted octanol–water partition coefficient (Wildman–Crippen LogP) is -10.8. The van der Waals surface area contributed by atoms with Gasteiger partial charge < -0.3 is 40.3 Å². The molecule has 0 atom stereocenters. The Balaban J connectivity index is -0.0000000178. The molecule has 0 amide bonds. The summed E-state index contributed by atoms with van der Waals surface area (Å²) in [6.45, 7) is 0. The molecule has 14 heteroatoms. The van der Waals surface area contributed by atoms with Gasteiger partial charge in [0.25, 0.3) is 15.6 Å². The van der Waals surface area contributed by atoms with Crippen LogP contribution in [-0.2, 0) is 9.13 Å². The molecule has 0 aromatic rings. The molecule has 0 aliphatic rings. The number of phosphoric acid groups is 2. The third-order valence-electron chi connectivity index (χ3n) is 0. The first-order valence-corrected chi connectivity index (χ1v) is 4.59. The summed E-state index contributed by atoms with van der Waals surface area (Å²) in [5.74, 6) is 0. The molecule has 0 saturated carbocycles. The van der Waals surface area contributed by atoms with Crippen LogP contribution in [0.4, 0.5) is 0 Å². The Morgan fingerprint density at radius 3 is 0.714 bits per heavy atom. The van der Waals surface area contributed by atoms with Gasteiger partial charge in [-0.2, -0.15) is 0 Å². The summed E-state index contributed by atoms with van der Waals surface area (Å²) in [7, 11) is -9.78. The fraction of sp³-hybridized carbons (Fsp3) is 0. The van der Waals surface area contributed by atoms with Crippen LogP contribution in [0.25, 0.3) is 0 Å². The van der Waals surface area contributed by atoms with Crippen molar-refractivity contribution in [2.75, 3.05) is 0 Å². The molecule has 0 saturated heterocycles. The van der Waals surface area contributed by atoms with Crippen molar-refractivity contribution in [1.82, 2.24) is 0 Å². The van der Waals surface area contributed by atoms with E-state index in [2.05, 4.69) is 0 Å². The number of hydrogen-bond donors (Lipinski definition) is 4. The zero-order valence-electron chi connectivity index (χ0n) is 7.32. The van der Waals surface area contributed by atoms with Crippen LogP contribution in [0, 0.1) is 0 Å². The monoisotopic (exact) mass is 276 g/mol. The minimum Gasteiger partial charge on any atom is -0.756 e. The Kier molecular flexibility index (Phi) is 38.9. The Hall–Kier alpha value is 2.14. The van der Waals surface area contributed by atoms with Crippen LogP contribution in [-0.4, -0.2) is 30.5 Å². The van der Waals surface area contributed by atoms with Crippen molar-refractivity contribution in [3.8, 4) is 0 Å². The topological polar surface area (TPSA) is 224 Å². The van der Waals surface area contributed by atoms with Gasteiger partial charge in [0, 0.05) is 0 Å². The van der Waals surface area contributed by atoms with Gasteiger partial charge in [0.2, 0.25) is 0 Å². The maximum atomic E-state index is 8.77. The summed E-state index contributed by atoms with van der Waals surface area (Å²) in [6, 6.07) is 0. The summed E-state index contributed by atoms with van der Waals surface area (Å²) in [5.41, 5.74) is 0. The zero-order valence-corrected chi connectivity index (χ0v) is 13.1. The predicted molar refractivity (Wildman–Crippen MR) is 31.3 cm³/mol. The van der Waals surface area contributed by atoms with Crippen molar-refractivity contribution in [1.29, 1.82) is 0 Å². The maximum Gasteiger partial charge on any atom is 1.00 e. The second-order valence-electron chi connectivity index (χ2n) is 0.981. The Labute approximate surface area is 123 Å². The Morgan fingerprint density at radius 2 is 0.714 bits per heavy atom. The van der Waals surface area contributed by atoms with Crippen molar-refractivity contribution < 1.29 is 109 Å². The number of rotatable bonds is 0. The summed E-state index contributed by atoms with van der Waals surface area (Å²) in [5, 5.41) is 0. The standard InChI is InChI=1S/2Na.2H3O4P.2H2O/c;;2*1-5(2,3)4;;/h;;2*(H3,1,2,3,4);2*1H2/q2*+1;;;;/p-2. The molecule has 0 rings (SSSR count). The van der Waals surface area contributed by atoms with Gasteiger partial charge in [-0.15, -0.1) is 0 Å². The summed E-state index contributed by atoms with van der Waals surface area (Å²) < 4.78 is 17.5. The molecule has 80 valence electrons. The fourth-order valence-electron chi connectivity index (χ4n) is 0. The van der Waals surface area contributed by atoms with Gasteiger partial charge in [0.05, 0.1) is 0 Å². The van der Waals surface area contributed by atoms with Crippen LogP contribution in [0.5, 0.6) is 0 Å². The fourth-order valence-corrected chi connectivity index (χ4v) is 0. The first-order chi connectivity index (χ1) is 4.00. The van der Waals surface area contributed by atoms with Crippen molar-refractivity contribution >= 4 is 15.6 Å². The summed E-state index contributed by atoms with van der Waals surface area (Å²) in [6.07, 6.45) is 0. The molecule has 0 aliphatic carbocycles. The van der Waals surface area contributed by atoms with E-state index in [-0.39, 0.29) is 70.1 Å². The maximum absolute atomic E-state index is 8.77. The minimum absolute atomic E-state index is 0. The smallest absolute Gasteiger partial charge is 0.756 e. The van der Waals surface area contributed by atoms with Crippen LogP contribution in [0.2, 0.25) is 0 Å². The summed E-state index contributed by atoms with van der Waals surface area (Å²) in [4.78, 5) is 45.8. The average molecular weight is 276 g/mol. The van der Waals surface area contributed by atoms with Gasteiger partial charge >= 0.3 is 59.1 Å². The van der Waals surface area contributed by atoms with Crippen molar-refractivity contribution in [3.63, 3.8) is 0 Å². The first-order valence-electron chi connectivity index (χ1n) is 1.53. The third kappa shape index (κ3) is 533. The average Bonchev–Trinajstić information content (AvgIpc) is 1.12. The van der Waals surface area contributed by atoms with E-state index in [4.69, 9.17) is 38.5 Å². The molecule has 14 heavy (non-hydrogen) atoms. The zero-order chi connectivity index (χ0) is 9.00. The molecule has 8 N–H and O–H groups in total. The molecule has 0 radical (unpaired) electrons. The quantitative estimate of drug-likeness (QED) is 0.244. The van der Waals surface area contributed by atoms with E-state index in [1.807, 2.05) is 0 Å². The molecule has 0 bridgehead atoms. The third-order valence-corrected chi connectivity index (χ3v) is 0. The van der Waals surface area contributed by atoms with Crippen LogP contribution in [0.15, 0.2) is 0 Å². The van der Waals surface area contributed by atoms with Gasteiger partial charge in [-0.25, -0.2) is 0 Å². The Bertz CT molecular complexity index is 128. The van der Waals surface area contributed by atoms with E-state index in [1.165, 1.54) is 0 Å². The van der Waals surface area contributed by atoms with E-state index in [0.717, 1.165) is 0 Å². The van der Waals surface area contributed by atoms with Crippen LogP contribution < -0.4 is 68.9 Å². The molecular formula is H8Na2O10P2. The molecule has 0 fully saturated rings. The van der Waals surface area contributed by atoms with E-state index in [0.29, 0.717) is 0 Å². The molecule has 0 aromatic carbocycles. The molecule has 0 unspecified atom stereocenters. The van der Waals surface area contributed by atoms with Crippen molar-refractivity contribution in [2.24, 2.45) is 0 Å². The molecule has 0 aromatic heterocycles. The Morgan fingerprint density at radius 1 is 0.714 bits per heavy atom. The van der Waals surface area contributed by atoms with E-state index >= 15 is 0 Å². The molecular weight excluding hydrogens is 268 g/mol. The molecule has 0 spiro atoms. The minimum atomic E-state index is -4.89. The van der Waals surface area contributed by atoms with Crippen molar-refractivity contribution in [3.05, 3.63) is 0 Å². The molecule has 10 nitrogen and oxygen atoms in total. The van der Waals surface area contributed by atoms with Gasteiger partial charge in [0.15, 0.2) is 0 Å². The van der Waals surface area contributed by atoms with E-state index in [9.17, 15) is 0 Å². The molecule has 0 aliphatic heterocycles. The van der Waals surface area contributed by atoms with Gasteiger partial charge in [0.1, 0.15) is 0 Å². The van der Waals surface area contributed by atoms with Crippen LogP contribution in [0.3, 0.4) is 0 Å². The van der Waals surface area contributed by atoms with Gasteiger partial charge in [-0.3, -0.25) is 9.13 Å². The largest absolute Gasteiger partial charge is 1.00 e. The SMILES string of the molecule is O.O.O=P([O-])(O)O.O=P([O-])(O)O.[Na+].[Na+]. The second-order valence-corrected chi connectivity index (χ2v) is 2.94. The summed E-state index contributed by atoms with van der Waals surface area (Å²) >= 11 is 0. The van der Waals surface area contributed by atoms with Gasteiger partial charge in [-0.1, -0.05) is 0 Å². The normalized spacial score (nSPS) is 8.43. The van der Waals surface area contributed by atoms with E-state index < -0.39 is 15.6 Å². The van der Waals surface area contributed by atoms with E-state index in [1.54, 1.807) is 0 Å².